The number of aliphatic carboxylic acids is 1. The summed E-state index contributed by atoms with van der Waals surface area (Å²) < 4.78 is 0. The van der Waals surface area contributed by atoms with Crippen molar-refractivity contribution in [3.8, 4) is 0 Å². The van der Waals surface area contributed by atoms with E-state index in [1.807, 2.05) is 6.92 Å². The minimum atomic E-state index is -0.738. The zero-order chi connectivity index (χ0) is 11.8. The normalized spacial score (nSPS) is 20.3. The van der Waals surface area contributed by atoms with Crippen molar-refractivity contribution in [3.05, 3.63) is 0 Å². The van der Waals surface area contributed by atoms with Crippen LogP contribution in [0.5, 0.6) is 0 Å². The first-order valence-corrected chi connectivity index (χ1v) is 6.42. The summed E-state index contributed by atoms with van der Waals surface area (Å²) in [4.78, 5) is 13.2. The van der Waals surface area contributed by atoms with Gasteiger partial charge >= 0.3 is 5.97 Å². The molecule has 1 aliphatic heterocycles. The molecule has 4 heteroatoms. The molecule has 1 saturated heterocycles. The van der Waals surface area contributed by atoms with E-state index in [1.54, 1.807) is 0 Å². The van der Waals surface area contributed by atoms with Crippen LogP contribution in [0.15, 0.2) is 0 Å². The molecule has 16 heavy (non-hydrogen) atoms. The van der Waals surface area contributed by atoms with Crippen LogP contribution in [0.25, 0.3) is 0 Å². The van der Waals surface area contributed by atoms with E-state index < -0.39 is 5.97 Å². The van der Waals surface area contributed by atoms with Crippen molar-refractivity contribution in [2.45, 2.75) is 45.1 Å². The fourth-order valence-corrected chi connectivity index (χ4v) is 2.16. The van der Waals surface area contributed by atoms with E-state index in [4.69, 9.17) is 5.11 Å². The standard InChI is InChI=1S/C12H24N2O2/c1-2-11(12(15)16)13-7-10-14-8-5-3-4-6-9-14/h11,13H,2-10H2,1H3,(H,15,16). The van der Waals surface area contributed by atoms with Crippen LogP contribution in [-0.4, -0.2) is 48.2 Å². The molecular formula is C12H24N2O2. The van der Waals surface area contributed by atoms with Crippen LogP contribution in [0.1, 0.15) is 39.0 Å². The van der Waals surface area contributed by atoms with Crippen LogP contribution in [0.4, 0.5) is 0 Å². The van der Waals surface area contributed by atoms with Crippen molar-refractivity contribution in [3.63, 3.8) is 0 Å². The first-order chi connectivity index (χ1) is 7.74. The lowest BCUT2D eigenvalue weighted by atomic mass is 10.2. The lowest BCUT2D eigenvalue weighted by molar-refractivity contribution is -0.139. The quantitative estimate of drug-likeness (QED) is 0.720. The average Bonchev–Trinajstić information content (AvgIpc) is 2.52. The molecule has 0 aromatic carbocycles. The van der Waals surface area contributed by atoms with E-state index in [2.05, 4.69) is 10.2 Å². The van der Waals surface area contributed by atoms with E-state index in [9.17, 15) is 4.79 Å². The Bertz CT molecular complexity index is 201. The third-order valence-electron chi connectivity index (χ3n) is 3.22. The van der Waals surface area contributed by atoms with E-state index in [-0.39, 0.29) is 6.04 Å². The molecule has 1 atom stereocenters. The van der Waals surface area contributed by atoms with Crippen molar-refractivity contribution < 1.29 is 9.90 Å². The molecule has 1 rings (SSSR count). The smallest absolute Gasteiger partial charge is 0.320 e. The summed E-state index contributed by atoms with van der Waals surface area (Å²) in [6, 6.07) is -0.382. The van der Waals surface area contributed by atoms with Gasteiger partial charge < -0.3 is 15.3 Å². The van der Waals surface area contributed by atoms with Crippen molar-refractivity contribution in [1.82, 2.24) is 10.2 Å². The van der Waals surface area contributed by atoms with E-state index >= 15 is 0 Å². The molecule has 4 nitrogen and oxygen atoms in total. The highest BCUT2D eigenvalue weighted by Crippen LogP contribution is 2.08. The number of hydrogen-bond donors (Lipinski definition) is 2. The summed E-state index contributed by atoms with van der Waals surface area (Å²) in [5.41, 5.74) is 0. The molecule has 94 valence electrons. The van der Waals surface area contributed by atoms with Crippen molar-refractivity contribution in [2.75, 3.05) is 26.2 Å². The van der Waals surface area contributed by atoms with Gasteiger partial charge in [-0.25, -0.2) is 0 Å². The highest BCUT2D eigenvalue weighted by atomic mass is 16.4. The van der Waals surface area contributed by atoms with Gasteiger partial charge in [0.1, 0.15) is 6.04 Å². The summed E-state index contributed by atoms with van der Waals surface area (Å²) in [7, 11) is 0. The van der Waals surface area contributed by atoms with Gasteiger partial charge in [0.25, 0.3) is 0 Å². The molecule has 0 radical (unpaired) electrons. The first kappa shape index (κ1) is 13.5. The number of likely N-dealkylation sites (tertiary alicyclic amines) is 1. The lowest BCUT2D eigenvalue weighted by Crippen LogP contribution is -2.41. The molecule has 1 unspecified atom stereocenters. The third-order valence-corrected chi connectivity index (χ3v) is 3.22. The summed E-state index contributed by atoms with van der Waals surface area (Å²) in [6.07, 6.45) is 5.91. The van der Waals surface area contributed by atoms with E-state index in [0.717, 1.165) is 13.1 Å². The number of carboxylic acid groups (broad SMARTS) is 1. The van der Waals surface area contributed by atoms with Crippen molar-refractivity contribution in [1.29, 1.82) is 0 Å². The molecule has 0 aromatic heterocycles. The van der Waals surface area contributed by atoms with Gasteiger partial charge in [-0.2, -0.15) is 0 Å². The van der Waals surface area contributed by atoms with Gasteiger partial charge in [0.15, 0.2) is 0 Å². The molecule has 0 saturated carbocycles. The fourth-order valence-electron chi connectivity index (χ4n) is 2.16. The Hall–Kier alpha value is -0.610. The Balaban J connectivity index is 2.15. The maximum atomic E-state index is 10.8. The number of carboxylic acids is 1. The molecule has 0 bridgehead atoms. The van der Waals surface area contributed by atoms with E-state index in [1.165, 1.54) is 38.8 Å². The number of hydrogen-bond acceptors (Lipinski definition) is 3. The van der Waals surface area contributed by atoms with Gasteiger partial charge in [-0.3, -0.25) is 4.79 Å². The van der Waals surface area contributed by atoms with Crippen LogP contribution in [0, 0.1) is 0 Å². The predicted octanol–water partition coefficient (Wildman–Crippen LogP) is 1.32. The maximum Gasteiger partial charge on any atom is 0.320 e. The first-order valence-electron chi connectivity index (χ1n) is 6.42. The largest absolute Gasteiger partial charge is 0.480 e. The van der Waals surface area contributed by atoms with Crippen LogP contribution < -0.4 is 5.32 Å². The Morgan fingerprint density at radius 3 is 2.44 bits per heavy atom. The zero-order valence-electron chi connectivity index (χ0n) is 10.2. The third kappa shape index (κ3) is 4.94. The molecule has 0 spiro atoms. The van der Waals surface area contributed by atoms with Crippen LogP contribution >= 0.6 is 0 Å². The van der Waals surface area contributed by atoms with Gasteiger partial charge in [0.05, 0.1) is 0 Å². The maximum absolute atomic E-state index is 10.8. The highest BCUT2D eigenvalue weighted by molar-refractivity contribution is 5.73. The zero-order valence-corrected chi connectivity index (χ0v) is 10.2. The van der Waals surface area contributed by atoms with Crippen LogP contribution in [-0.2, 0) is 4.79 Å². The number of rotatable bonds is 6. The fraction of sp³-hybridized carbons (Fsp3) is 0.917. The number of nitrogens with zero attached hydrogens (tertiary/aromatic N) is 1. The molecular weight excluding hydrogens is 204 g/mol. The molecule has 0 amide bonds. The molecule has 1 heterocycles. The summed E-state index contributed by atoms with van der Waals surface area (Å²) in [5, 5.41) is 12.0. The number of carbonyl (C=O) groups is 1. The molecule has 2 N–H and O–H groups in total. The minimum absolute atomic E-state index is 0.382. The Kier molecular flexibility index (Phi) is 6.42. The summed E-state index contributed by atoms with van der Waals surface area (Å²) in [6.45, 7) is 6.00. The second kappa shape index (κ2) is 7.63. The molecule has 1 fully saturated rings. The van der Waals surface area contributed by atoms with Gasteiger partial charge in [-0.1, -0.05) is 19.8 Å². The average molecular weight is 228 g/mol. The van der Waals surface area contributed by atoms with Gasteiger partial charge in [-0.05, 0) is 32.4 Å². The van der Waals surface area contributed by atoms with Crippen LogP contribution in [0.2, 0.25) is 0 Å². The van der Waals surface area contributed by atoms with Gasteiger partial charge in [-0.15, -0.1) is 0 Å². The van der Waals surface area contributed by atoms with Gasteiger partial charge in [0, 0.05) is 13.1 Å². The Morgan fingerprint density at radius 1 is 1.31 bits per heavy atom. The Labute approximate surface area is 98.0 Å². The lowest BCUT2D eigenvalue weighted by Gasteiger charge is -2.21. The van der Waals surface area contributed by atoms with E-state index in [0.29, 0.717) is 6.42 Å². The second-order valence-electron chi connectivity index (χ2n) is 4.51. The summed E-state index contributed by atoms with van der Waals surface area (Å²) in [5.74, 6) is -0.738. The number of nitrogens with one attached hydrogen (secondary N) is 1. The molecule has 1 aliphatic rings. The monoisotopic (exact) mass is 228 g/mol. The second-order valence-corrected chi connectivity index (χ2v) is 4.51. The minimum Gasteiger partial charge on any atom is -0.480 e. The topological polar surface area (TPSA) is 52.6 Å². The summed E-state index contributed by atoms with van der Waals surface area (Å²) >= 11 is 0. The predicted molar refractivity (Wildman–Crippen MR) is 64.6 cm³/mol. The molecule has 0 aromatic rings. The van der Waals surface area contributed by atoms with Crippen molar-refractivity contribution >= 4 is 5.97 Å². The van der Waals surface area contributed by atoms with Crippen molar-refractivity contribution in [2.24, 2.45) is 0 Å². The Morgan fingerprint density at radius 2 is 1.94 bits per heavy atom. The van der Waals surface area contributed by atoms with Gasteiger partial charge in [0.2, 0.25) is 0 Å². The SMILES string of the molecule is CCC(NCCN1CCCCCC1)C(=O)O. The van der Waals surface area contributed by atoms with Crippen LogP contribution in [0.3, 0.4) is 0 Å². The molecule has 0 aliphatic carbocycles. The highest BCUT2D eigenvalue weighted by Gasteiger charge is 2.14.